The first-order chi connectivity index (χ1) is 12.1. The van der Waals surface area contributed by atoms with Gasteiger partial charge in [-0.1, -0.05) is 23.7 Å². The number of carbonyl (C=O) groups is 1. The van der Waals surface area contributed by atoms with Gasteiger partial charge in [0.05, 0.1) is 12.5 Å². The second kappa shape index (κ2) is 6.69. The van der Waals surface area contributed by atoms with Crippen LogP contribution in [0.5, 0.6) is 5.88 Å². The van der Waals surface area contributed by atoms with Crippen molar-refractivity contribution in [2.75, 3.05) is 19.6 Å². The number of benzene rings is 1. The number of hydrogen-bond donors (Lipinski definition) is 1. The molecule has 0 bridgehead atoms. The van der Waals surface area contributed by atoms with E-state index in [1.165, 1.54) is 0 Å². The molecular formula is C18H21ClN4O2. The van der Waals surface area contributed by atoms with Gasteiger partial charge >= 0.3 is 6.09 Å². The molecule has 0 spiro atoms. The first-order valence-electron chi connectivity index (χ1n) is 8.50. The largest absolute Gasteiger partial charge is 0.416 e. The Labute approximate surface area is 151 Å². The number of nitrogens with zero attached hydrogens (tertiary/aromatic N) is 3. The zero-order chi connectivity index (χ0) is 17.4. The summed E-state index contributed by atoms with van der Waals surface area (Å²) in [6, 6.07) is 7.59. The fourth-order valence-corrected chi connectivity index (χ4v) is 3.94. The first-order valence-corrected chi connectivity index (χ1v) is 8.88. The standard InChI is InChI=1S/C18H21ClN4O2/c1-22-10-17(21-11-22)25-18(24)23(8-12-3-2-4-13(19)5-12)9-16-14-6-20-7-15(14)16/h2-5,10-11,14-16,20H,6-9H2,1H3. The molecule has 6 nitrogen and oxygen atoms in total. The van der Waals surface area contributed by atoms with Gasteiger partial charge in [0.2, 0.25) is 5.88 Å². The lowest BCUT2D eigenvalue weighted by Gasteiger charge is -2.22. The number of nitrogens with one attached hydrogen (secondary N) is 1. The Bertz CT molecular complexity index is 768. The van der Waals surface area contributed by atoms with Crippen LogP contribution in [0.4, 0.5) is 4.79 Å². The Morgan fingerprint density at radius 2 is 2.24 bits per heavy atom. The molecule has 2 unspecified atom stereocenters. The molecule has 7 heteroatoms. The molecule has 1 aromatic carbocycles. The second-order valence-corrected chi connectivity index (χ2v) is 7.34. The number of imidazole rings is 1. The van der Waals surface area contributed by atoms with Crippen molar-refractivity contribution >= 4 is 17.7 Å². The minimum atomic E-state index is -0.364. The number of carbonyl (C=O) groups excluding carboxylic acids is 1. The van der Waals surface area contributed by atoms with Gasteiger partial charge in [0.25, 0.3) is 0 Å². The minimum absolute atomic E-state index is 0.321. The number of halogens is 1. The van der Waals surface area contributed by atoms with Crippen molar-refractivity contribution in [1.29, 1.82) is 0 Å². The van der Waals surface area contributed by atoms with Crippen molar-refractivity contribution in [3.05, 3.63) is 47.4 Å². The quantitative estimate of drug-likeness (QED) is 0.890. The van der Waals surface area contributed by atoms with Crippen LogP contribution in [-0.4, -0.2) is 40.2 Å². The van der Waals surface area contributed by atoms with Crippen LogP contribution in [0.3, 0.4) is 0 Å². The smallest absolute Gasteiger partial charge is 0.389 e. The van der Waals surface area contributed by atoms with Crippen LogP contribution in [0.2, 0.25) is 5.02 Å². The highest BCUT2D eigenvalue weighted by molar-refractivity contribution is 6.30. The summed E-state index contributed by atoms with van der Waals surface area (Å²) in [7, 11) is 1.84. The Kier molecular flexibility index (Phi) is 4.39. The molecule has 1 N–H and O–H groups in total. The number of amides is 1. The van der Waals surface area contributed by atoms with Gasteiger partial charge in [-0.15, -0.1) is 0 Å². The third kappa shape index (κ3) is 3.65. The fraction of sp³-hybridized carbons (Fsp3) is 0.444. The maximum absolute atomic E-state index is 12.7. The van der Waals surface area contributed by atoms with Crippen molar-refractivity contribution in [3.63, 3.8) is 0 Å². The lowest BCUT2D eigenvalue weighted by molar-refractivity contribution is 0.143. The number of aromatic nitrogens is 2. The summed E-state index contributed by atoms with van der Waals surface area (Å²) in [5.41, 5.74) is 0.995. The summed E-state index contributed by atoms with van der Waals surface area (Å²) in [5, 5.41) is 4.06. The third-order valence-electron chi connectivity index (χ3n) is 5.09. The minimum Gasteiger partial charge on any atom is -0.389 e. The van der Waals surface area contributed by atoms with E-state index >= 15 is 0 Å². The number of fused-ring (bicyclic) bond motifs is 1. The molecule has 0 radical (unpaired) electrons. The highest BCUT2D eigenvalue weighted by Gasteiger charge is 2.53. The van der Waals surface area contributed by atoms with Gasteiger partial charge < -0.3 is 19.5 Å². The molecule has 2 aliphatic rings. The summed E-state index contributed by atoms with van der Waals surface area (Å²) in [6.07, 6.45) is 2.93. The third-order valence-corrected chi connectivity index (χ3v) is 5.33. The van der Waals surface area contributed by atoms with Gasteiger partial charge in [-0.2, -0.15) is 0 Å². The van der Waals surface area contributed by atoms with Crippen LogP contribution >= 0.6 is 11.6 Å². The summed E-state index contributed by atoms with van der Waals surface area (Å²) < 4.78 is 7.21. The van der Waals surface area contributed by atoms with E-state index in [0.717, 1.165) is 18.7 Å². The molecular weight excluding hydrogens is 340 g/mol. The summed E-state index contributed by atoms with van der Waals surface area (Å²) in [5.74, 6) is 2.24. The number of rotatable bonds is 5. The van der Waals surface area contributed by atoms with Crippen molar-refractivity contribution < 1.29 is 9.53 Å². The van der Waals surface area contributed by atoms with E-state index < -0.39 is 0 Å². The lowest BCUT2D eigenvalue weighted by atomic mass is 10.2. The molecule has 2 atom stereocenters. The van der Waals surface area contributed by atoms with Crippen molar-refractivity contribution in [2.45, 2.75) is 6.54 Å². The molecule has 25 heavy (non-hydrogen) atoms. The van der Waals surface area contributed by atoms with E-state index in [2.05, 4.69) is 10.3 Å². The number of piperidine rings is 1. The Morgan fingerprint density at radius 3 is 2.92 bits per heavy atom. The van der Waals surface area contributed by atoms with E-state index in [4.69, 9.17) is 16.3 Å². The topological polar surface area (TPSA) is 59.4 Å². The van der Waals surface area contributed by atoms with Gasteiger partial charge in [-0.25, -0.2) is 9.78 Å². The molecule has 1 aromatic heterocycles. The van der Waals surface area contributed by atoms with Gasteiger partial charge in [0, 0.05) is 25.2 Å². The SMILES string of the molecule is Cn1cnc(OC(=O)N(Cc2cccc(Cl)c2)CC2C3CNCC32)c1. The molecule has 1 saturated heterocycles. The lowest BCUT2D eigenvalue weighted by Crippen LogP contribution is -2.36. The monoisotopic (exact) mass is 360 g/mol. The maximum Gasteiger partial charge on any atom is 0.416 e. The van der Waals surface area contributed by atoms with Crippen LogP contribution in [0, 0.1) is 17.8 Å². The van der Waals surface area contributed by atoms with Crippen LogP contribution in [0.25, 0.3) is 0 Å². The van der Waals surface area contributed by atoms with Gasteiger partial charge in [-0.3, -0.25) is 0 Å². The van der Waals surface area contributed by atoms with E-state index in [9.17, 15) is 4.79 Å². The molecule has 1 saturated carbocycles. The maximum atomic E-state index is 12.7. The highest BCUT2D eigenvalue weighted by Crippen LogP contribution is 2.49. The van der Waals surface area contributed by atoms with Gasteiger partial charge in [0.15, 0.2) is 0 Å². The van der Waals surface area contributed by atoms with E-state index in [1.54, 1.807) is 22.0 Å². The summed E-state index contributed by atoms with van der Waals surface area (Å²) >= 11 is 6.08. The van der Waals surface area contributed by atoms with E-state index in [0.29, 0.717) is 41.7 Å². The summed E-state index contributed by atoms with van der Waals surface area (Å²) in [6.45, 7) is 3.29. The predicted octanol–water partition coefficient (Wildman–Crippen LogP) is 2.54. The first kappa shape index (κ1) is 16.4. The molecule has 2 fully saturated rings. The average Bonchev–Trinajstić information content (AvgIpc) is 2.94. The molecule has 2 aromatic rings. The van der Waals surface area contributed by atoms with E-state index in [-0.39, 0.29) is 6.09 Å². The van der Waals surface area contributed by atoms with E-state index in [1.807, 2.05) is 31.3 Å². The normalized spacial score (nSPS) is 24.0. The molecule has 1 aliphatic heterocycles. The van der Waals surface area contributed by atoms with Crippen LogP contribution < -0.4 is 10.1 Å². The van der Waals surface area contributed by atoms with Crippen molar-refractivity contribution in [3.8, 4) is 5.88 Å². The number of ether oxygens (including phenoxy) is 1. The van der Waals surface area contributed by atoms with Crippen molar-refractivity contribution in [2.24, 2.45) is 24.8 Å². The Hall–Kier alpha value is -2.05. The zero-order valence-electron chi connectivity index (χ0n) is 14.1. The predicted molar refractivity (Wildman–Crippen MR) is 94.4 cm³/mol. The van der Waals surface area contributed by atoms with Crippen LogP contribution in [-0.2, 0) is 13.6 Å². The second-order valence-electron chi connectivity index (χ2n) is 6.91. The molecule has 2 heterocycles. The van der Waals surface area contributed by atoms with Gasteiger partial charge in [0.1, 0.15) is 0 Å². The Morgan fingerprint density at radius 1 is 1.44 bits per heavy atom. The summed E-state index contributed by atoms with van der Waals surface area (Å²) in [4.78, 5) is 18.5. The van der Waals surface area contributed by atoms with Crippen molar-refractivity contribution in [1.82, 2.24) is 19.8 Å². The number of hydrogen-bond acceptors (Lipinski definition) is 4. The number of aryl methyl sites for hydroxylation is 1. The average molecular weight is 361 g/mol. The van der Waals surface area contributed by atoms with Gasteiger partial charge in [-0.05, 0) is 48.5 Å². The van der Waals surface area contributed by atoms with Crippen LogP contribution in [0.15, 0.2) is 36.8 Å². The fourth-order valence-electron chi connectivity index (χ4n) is 3.73. The highest BCUT2D eigenvalue weighted by atomic mass is 35.5. The Balaban J connectivity index is 1.47. The zero-order valence-corrected chi connectivity index (χ0v) is 14.8. The molecule has 1 aliphatic carbocycles. The molecule has 132 valence electrons. The molecule has 4 rings (SSSR count). The van der Waals surface area contributed by atoms with Crippen LogP contribution in [0.1, 0.15) is 5.56 Å². The molecule has 1 amide bonds.